The van der Waals surface area contributed by atoms with Crippen LogP contribution in [0.3, 0.4) is 0 Å². The second-order valence-corrected chi connectivity index (χ2v) is 5.08. The number of hydrogen-bond donors (Lipinski definition) is 2. The number of nitrogens with one attached hydrogen (secondary N) is 2. The largest absolute Gasteiger partial charge is 0.369 e. The average molecular weight is 286 g/mol. The average Bonchev–Trinajstić information content (AvgIpc) is 2.90. The van der Waals surface area contributed by atoms with Crippen molar-refractivity contribution in [3.05, 3.63) is 46.0 Å². The molecule has 1 saturated heterocycles. The summed E-state index contributed by atoms with van der Waals surface area (Å²) < 4.78 is 0. The summed E-state index contributed by atoms with van der Waals surface area (Å²) in [4.78, 5) is 15.8. The van der Waals surface area contributed by atoms with Gasteiger partial charge in [0.15, 0.2) is 0 Å². The first-order chi connectivity index (χ1) is 10.2. The molecule has 0 atom stereocenters. The van der Waals surface area contributed by atoms with E-state index in [1.54, 1.807) is 6.07 Å². The normalized spacial score (nSPS) is 17.3. The monoisotopic (exact) mass is 286 g/mol. The number of terminal acetylenes is 1. The molecule has 0 saturated carbocycles. The molecular formula is C16H22N4O. The predicted octanol–water partition coefficient (Wildman–Crippen LogP) is 1.30. The fraction of sp³-hybridized carbons (Fsp3) is 0.438. The molecule has 5 heteroatoms. The summed E-state index contributed by atoms with van der Waals surface area (Å²) in [6.07, 6.45) is 12.2. The van der Waals surface area contributed by atoms with Crippen molar-refractivity contribution in [1.29, 1.82) is 0 Å². The number of rotatable bonds is 5. The molecule has 0 amide bonds. The minimum absolute atomic E-state index is 0.0729. The van der Waals surface area contributed by atoms with E-state index in [1.807, 2.05) is 13.0 Å². The third-order valence-electron chi connectivity index (χ3n) is 3.55. The molecule has 0 bridgehead atoms. The summed E-state index contributed by atoms with van der Waals surface area (Å²) in [6.45, 7) is 6.67. The van der Waals surface area contributed by atoms with Crippen LogP contribution < -0.4 is 5.56 Å². The molecule has 1 aromatic rings. The van der Waals surface area contributed by atoms with Gasteiger partial charge in [-0.15, -0.1) is 12.3 Å². The van der Waals surface area contributed by atoms with Crippen LogP contribution in [0.5, 0.6) is 0 Å². The molecule has 1 fully saturated rings. The summed E-state index contributed by atoms with van der Waals surface area (Å²) in [5.74, 6) is 2.65. The van der Waals surface area contributed by atoms with Crippen molar-refractivity contribution >= 4 is 0 Å². The second kappa shape index (κ2) is 7.55. The standard InChI is InChI=1S/C16H22N4O/c1-3-5-7-15(6-4-2)20-10-8-19(9-11-20)13-14-12-16(21)18-17-14/h1,4,6-7,12H,5,8-11,13H2,2H3,(H2,17,18,21)/b6-4-,15-7+. The van der Waals surface area contributed by atoms with E-state index < -0.39 is 0 Å². The maximum absolute atomic E-state index is 11.1. The topological polar surface area (TPSA) is 55.1 Å². The first-order valence-corrected chi connectivity index (χ1v) is 7.23. The van der Waals surface area contributed by atoms with E-state index in [4.69, 9.17) is 6.42 Å². The van der Waals surface area contributed by atoms with E-state index in [9.17, 15) is 4.79 Å². The maximum atomic E-state index is 11.1. The lowest BCUT2D eigenvalue weighted by Crippen LogP contribution is -2.45. The minimum atomic E-state index is -0.0729. The molecule has 2 rings (SSSR count). The van der Waals surface area contributed by atoms with Crippen LogP contribution in [0.1, 0.15) is 19.0 Å². The number of aromatic amines is 2. The molecule has 0 aliphatic carbocycles. The van der Waals surface area contributed by atoms with Crippen molar-refractivity contribution in [1.82, 2.24) is 20.0 Å². The molecular weight excluding hydrogens is 264 g/mol. The van der Waals surface area contributed by atoms with Crippen LogP contribution in [0.25, 0.3) is 0 Å². The van der Waals surface area contributed by atoms with Crippen LogP contribution in [-0.4, -0.2) is 46.2 Å². The van der Waals surface area contributed by atoms with Gasteiger partial charge < -0.3 is 10.00 Å². The number of allylic oxidation sites excluding steroid dienone is 3. The van der Waals surface area contributed by atoms with Crippen molar-refractivity contribution in [2.45, 2.75) is 19.9 Å². The van der Waals surface area contributed by atoms with Crippen molar-refractivity contribution in [2.24, 2.45) is 0 Å². The lowest BCUT2D eigenvalue weighted by Gasteiger charge is -2.36. The second-order valence-electron chi connectivity index (χ2n) is 5.08. The molecule has 21 heavy (non-hydrogen) atoms. The van der Waals surface area contributed by atoms with E-state index in [0.29, 0.717) is 6.42 Å². The highest BCUT2D eigenvalue weighted by molar-refractivity contribution is 5.19. The van der Waals surface area contributed by atoms with Crippen molar-refractivity contribution in [2.75, 3.05) is 26.2 Å². The van der Waals surface area contributed by atoms with Gasteiger partial charge in [0.05, 0.1) is 5.69 Å². The predicted molar refractivity (Wildman–Crippen MR) is 84.6 cm³/mol. The maximum Gasteiger partial charge on any atom is 0.264 e. The molecule has 2 heterocycles. The quantitative estimate of drug-likeness (QED) is 0.634. The third kappa shape index (κ3) is 4.40. The van der Waals surface area contributed by atoms with Gasteiger partial charge in [-0.3, -0.25) is 14.8 Å². The molecule has 2 N–H and O–H groups in total. The number of piperazine rings is 1. The third-order valence-corrected chi connectivity index (χ3v) is 3.55. The molecule has 0 unspecified atom stereocenters. The van der Waals surface area contributed by atoms with Gasteiger partial charge in [-0.05, 0) is 19.1 Å². The van der Waals surface area contributed by atoms with Gasteiger partial charge in [-0.1, -0.05) is 6.08 Å². The Balaban J connectivity index is 1.90. The van der Waals surface area contributed by atoms with Crippen LogP contribution in [0.2, 0.25) is 0 Å². The van der Waals surface area contributed by atoms with Gasteiger partial charge >= 0.3 is 0 Å². The van der Waals surface area contributed by atoms with E-state index in [2.05, 4.69) is 38.1 Å². The van der Waals surface area contributed by atoms with E-state index in [1.165, 1.54) is 5.70 Å². The Hall–Kier alpha value is -2.19. The van der Waals surface area contributed by atoms with Crippen LogP contribution in [0.15, 0.2) is 34.8 Å². The first kappa shape index (κ1) is 15.2. The highest BCUT2D eigenvalue weighted by atomic mass is 16.1. The molecule has 0 spiro atoms. The molecule has 1 aliphatic heterocycles. The Morgan fingerprint density at radius 3 is 2.71 bits per heavy atom. The first-order valence-electron chi connectivity index (χ1n) is 7.23. The van der Waals surface area contributed by atoms with E-state index >= 15 is 0 Å². The molecule has 5 nitrogen and oxygen atoms in total. The Labute approximate surface area is 125 Å². The summed E-state index contributed by atoms with van der Waals surface area (Å²) in [6, 6.07) is 1.62. The number of aromatic nitrogens is 2. The van der Waals surface area contributed by atoms with Gasteiger partial charge in [0.25, 0.3) is 5.56 Å². The summed E-state index contributed by atoms with van der Waals surface area (Å²) in [7, 11) is 0. The number of hydrogen-bond acceptors (Lipinski definition) is 3. The van der Waals surface area contributed by atoms with Crippen molar-refractivity contribution < 1.29 is 0 Å². The van der Waals surface area contributed by atoms with Crippen molar-refractivity contribution in [3.8, 4) is 12.3 Å². The zero-order chi connectivity index (χ0) is 15.1. The fourth-order valence-electron chi connectivity index (χ4n) is 2.50. The van der Waals surface area contributed by atoms with Crippen LogP contribution >= 0.6 is 0 Å². The van der Waals surface area contributed by atoms with Crippen LogP contribution in [0.4, 0.5) is 0 Å². The zero-order valence-electron chi connectivity index (χ0n) is 12.4. The zero-order valence-corrected chi connectivity index (χ0v) is 12.4. The van der Waals surface area contributed by atoms with Gasteiger partial charge in [0, 0.05) is 50.9 Å². The lowest BCUT2D eigenvalue weighted by molar-refractivity contribution is 0.154. The molecule has 0 aromatic carbocycles. The molecule has 0 radical (unpaired) electrons. The summed E-state index contributed by atoms with van der Waals surface area (Å²) >= 11 is 0. The Kier molecular flexibility index (Phi) is 5.47. The van der Waals surface area contributed by atoms with E-state index in [-0.39, 0.29) is 5.56 Å². The lowest BCUT2D eigenvalue weighted by atomic mass is 10.2. The highest BCUT2D eigenvalue weighted by Gasteiger charge is 2.18. The van der Waals surface area contributed by atoms with E-state index in [0.717, 1.165) is 38.4 Å². The molecule has 1 aliphatic rings. The molecule has 1 aromatic heterocycles. The van der Waals surface area contributed by atoms with Crippen molar-refractivity contribution in [3.63, 3.8) is 0 Å². The number of H-pyrrole nitrogens is 2. The van der Waals surface area contributed by atoms with Gasteiger partial charge in [-0.25, -0.2) is 0 Å². The van der Waals surface area contributed by atoms with Crippen LogP contribution in [-0.2, 0) is 6.54 Å². The SMILES string of the molecule is C#CC/C=C(\C=C/C)N1CCN(Cc2cc(=O)[nH][nH]2)CC1. The smallest absolute Gasteiger partial charge is 0.264 e. The Morgan fingerprint density at radius 1 is 1.38 bits per heavy atom. The number of nitrogens with zero attached hydrogens (tertiary/aromatic N) is 2. The van der Waals surface area contributed by atoms with Crippen LogP contribution in [0, 0.1) is 12.3 Å². The summed E-state index contributed by atoms with van der Waals surface area (Å²) in [5.41, 5.74) is 2.06. The Bertz CT molecular complexity index is 594. The fourth-order valence-corrected chi connectivity index (χ4v) is 2.50. The van der Waals surface area contributed by atoms with Gasteiger partial charge in [0.1, 0.15) is 0 Å². The molecule has 112 valence electrons. The summed E-state index contributed by atoms with van der Waals surface area (Å²) in [5, 5.41) is 5.47. The highest BCUT2D eigenvalue weighted by Crippen LogP contribution is 2.13. The minimum Gasteiger partial charge on any atom is -0.369 e. The van der Waals surface area contributed by atoms with Gasteiger partial charge in [0.2, 0.25) is 0 Å². The Morgan fingerprint density at radius 2 is 2.14 bits per heavy atom. The van der Waals surface area contributed by atoms with Gasteiger partial charge in [-0.2, -0.15) is 0 Å².